The number of hydrogen-bond donors (Lipinski definition) is 0. The summed E-state index contributed by atoms with van der Waals surface area (Å²) in [5.41, 5.74) is 12.9. The highest BCUT2D eigenvalue weighted by Gasteiger charge is 2.35. The molecular formula is C60H42F2N2O2. The third-order valence-corrected chi connectivity index (χ3v) is 13.8. The summed E-state index contributed by atoms with van der Waals surface area (Å²) in [6.45, 7) is 8.79. The van der Waals surface area contributed by atoms with Gasteiger partial charge in [0, 0.05) is 65.3 Å². The smallest absolute Gasteiger partial charge is 0.136 e. The minimum Gasteiger partial charge on any atom is -0.456 e. The van der Waals surface area contributed by atoms with Crippen LogP contribution in [0, 0.1) is 11.6 Å². The van der Waals surface area contributed by atoms with E-state index in [1.165, 1.54) is 12.1 Å². The lowest BCUT2D eigenvalue weighted by Gasteiger charge is -2.32. The number of furan rings is 2. The van der Waals surface area contributed by atoms with E-state index in [0.717, 1.165) is 110 Å². The summed E-state index contributed by atoms with van der Waals surface area (Å²) in [5, 5.41) is 8.27. The fourth-order valence-corrected chi connectivity index (χ4v) is 11.3. The van der Waals surface area contributed by atoms with Crippen molar-refractivity contribution in [1.29, 1.82) is 0 Å². The lowest BCUT2D eigenvalue weighted by molar-refractivity contribution is 0.630. The van der Waals surface area contributed by atoms with Gasteiger partial charge in [0.15, 0.2) is 0 Å². The topological polar surface area (TPSA) is 36.1 Å². The van der Waals surface area contributed by atoms with Crippen molar-refractivity contribution in [1.82, 2.24) is 9.13 Å². The first kappa shape index (κ1) is 38.5. The number of nitrogens with zero attached hydrogens (tertiary/aromatic N) is 2. The van der Waals surface area contributed by atoms with Crippen LogP contribution in [0.1, 0.15) is 50.7 Å². The Balaban J connectivity index is 1.32. The first-order chi connectivity index (χ1) is 32.3. The first-order valence-corrected chi connectivity index (χ1v) is 22.7. The average Bonchev–Trinajstić information content (AvgIpc) is 4.08. The Hall–Kier alpha value is -7.96. The molecule has 0 bridgehead atoms. The van der Waals surface area contributed by atoms with Crippen molar-refractivity contribution < 1.29 is 17.6 Å². The lowest BCUT2D eigenvalue weighted by atomic mass is 9.79. The zero-order chi connectivity index (χ0) is 44.5. The maximum absolute atomic E-state index is 17.3. The molecule has 0 aliphatic rings. The first-order valence-electron chi connectivity index (χ1n) is 22.7. The Kier molecular flexibility index (Phi) is 8.32. The molecule has 13 aromatic rings. The van der Waals surface area contributed by atoms with E-state index < -0.39 is 0 Å². The highest BCUT2D eigenvalue weighted by molar-refractivity contribution is 6.29. The highest BCUT2D eigenvalue weighted by atomic mass is 19.1. The van der Waals surface area contributed by atoms with Crippen LogP contribution in [0.3, 0.4) is 0 Å². The van der Waals surface area contributed by atoms with Gasteiger partial charge in [0.25, 0.3) is 0 Å². The van der Waals surface area contributed by atoms with Gasteiger partial charge in [0.05, 0.1) is 33.4 Å². The van der Waals surface area contributed by atoms with Crippen LogP contribution in [-0.2, 0) is 0 Å². The van der Waals surface area contributed by atoms with Gasteiger partial charge >= 0.3 is 0 Å². The van der Waals surface area contributed by atoms with Crippen LogP contribution in [0.2, 0.25) is 0 Å². The summed E-state index contributed by atoms with van der Waals surface area (Å²) in [7, 11) is 0. The van der Waals surface area contributed by atoms with Crippen LogP contribution in [0.25, 0.3) is 121 Å². The molecule has 13 rings (SSSR count). The molecule has 0 saturated carbocycles. The van der Waals surface area contributed by atoms with Crippen molar-refractivity contribution >= 4 is 87.5 Å². The maximum atomic E-state index is 17.3. The number of fused-ring (bicyclic) bond motifs is 14. The van der Waals surface area contributed by atoms with Gasteiger partial charge in [0.2, 0.25) is 0 Å². The summed E-state index contributed by atoms with van der Waals surface area (Å²) in [4.78, 5) is 0. The Labute approximate surface area is 378 Å². The van der Waals surface area contributed by atoms with E-state index in [1.807, 2.05) is 66.7 Å². The molecule has 0 saturated heterocycles. The van der Waals surface area contributed by atoms with Crippen LogP contribution in [0.15, 0.2) is 179 Å². The molecule has 0 atom stereocenters. The predicted molar refractivity (Wildman–Crippen MR) is 269 cm³/mol. The molecule has 318 valence electrons. The van der Waals surface area contributed by atoms with Gasteiger partial charge in [-0.25, -0.2) is 8.78 Å². The monoisotopic (exact) mass is 860 g/mol. The second-order valence-electron chi connectivity index (χ2n) is 18.1. The number of para-hydroxylation sites is 4. The van der Waals surface area contributed by atoms with Crippen molar-refractivity contribution in [2.24, 2.45) is 0 Å². The van der Waals surface area contributed by atoms with Gasteiger partial charge in [0.1, 0.15) is 34.0 Å². The van der Waals surface area contributed by atoms with Crippen LogP contribution in [-0.4, -0.2) is 9.13 Å². The molecule has 66 heavy (non-hydrogen) atoms. The molecule has 0 spiro atoms. The fourth-order valence-electron chi connectivity index (χ4n) is 11.3. The number of aromatic nitrogens is 2. The third-order valence-electron chi connectivity index (χ3n) is 13.8. The summed E-state index contributed by atoms with van der Waals surface area (Å²) in [5.74, 6) is -1.01. The van der Waals surface area contributed by atoms with Crippen LogP contribution in [0.5, 0.6) is 0 Å². The molecule has 0 aliphatic heterocycles. The summed E-state index contributed by atoms with van der Waals surface area (Å²) >= 11 is 0. The number of benzene rings is 9. The van der Waals surface area contributed by atoms with Gasteiger partial charge in [-0.2, -0.15) is 0 Å². The van der Waals surface area contributed by atoms with Crippen molar-refractivity contribution in [3.05, 3.63) is 193 Å². The minimum absolute atomic E-state index is 0.146. The Morgan fingerprint density at radius 1 is 0.348 bits per heavy atom. The number of hydrogen-bond acceptors (Lipinski definition) is 2. The lowest BCUT2D eigenvalue weighted by Crippen LogP contribution is -2.15. The fraction of sp³-hybridized carbons (Fsp3) is 0.100. The van der Waals surface area contributed by atoms with Crippen molar-refractivity contribution in [2.45, 2.75) is 39.5 Å². The van der Waals surface area contributed by atoms with E-state index in [1.54, 1.807) is 12.1 Å². The van der Waals surface area contributed by atoms with E-state index in [-0.39, 0.29) is 23.5 Å². The van der Waals surface area contributed by atoms with Crippen molar-refractivity contribution in [2.75, 3.05) is 0 Å². The highest BCUT2D eigenvalue weighted by Crippen LogP contribution is 2.54. The Morgan fingerprint density at radius 3 is 1.17 bits per heavy atom. The molecule has 9 aromatic carbocycles. The second kappa shape index (κ2) is 14.3. The molecule has 0 N–H and O–H groups in total. The molecule has 0 aliphatic carbocycles. The van der Waals surface area contributed by atoms with E-state index in [0.29, 0.717) is 22.3 Å². The normalized spacial score (nSPS) is 12.4. The van der Waals surface area contributed by atoms with Crippen LogP contribution >= 0.6 is 0 Å². The molecule has 0 unspecified atom stereocenters. The zero-order valence-electron chi connectivity index (χ0n) is 36.8. The summed E-state index contributed by atoms with van der Waals surface area (Å²) in [6.07, 6.45) is 0. The predicted octanol–water partition coefficient (Wildman–Crippen LogP) is 17.5. The van der Waals surface area contributed by atoms with E-state index in [4.69, 9.17) is 8.83 Å². The molecule has 4 aromatic heterocycles. The SMILES string of the molecule is CC(C)c1c(-c2ccccc2F)c(-n2c3ccccc3c3c4c(ccc32)oc2ccccc24)c(-c2ccccc2F)c(C(C)C)c1-n1c2ccccc2c2c3c(ccc21)oc1ccccc13. The van der Waals surface area contributed by atoms with Gasteiger partial charge in [-0.1, -0.05) is 137 Å². The van der Waals surface area contributed by atoms with Crippen molar-refractivity contribution in [3.63, 3.8) is 0 Å². The molecule has 4 heterocycles. The second-order valence-corrected chi connectivity index (χ2v) is 18.1. The van der Waals surface area contributed by atoms with Gasteiger partial charge in [-0.05, 0) is 83.6 Å². The molecule has 0 radical (unpaired) electrons. The quantitative estimate of drug-likeness (QED) is 0.167. The van der Waals surface area contributed by atoms with Crippen LogP contribution in [0.4, 0.5) is 8.78 Å². The van der Waals surface area contributed by atoms with Gasteiger partial charge in [-0.3, -0.25) is 0 Å². The molecule has 6 heteroatoms. The third kappa shape index (κ3) is 5.24. The number of rotatable bonds is 6. The number of halogens is 2. The van der Waals surface area contributed by atoms with E-state index in [2.05, 4.69) is 116 Å². The minimum atomic E-state index is -0.360. The Bertz CT molecular complexity index is 4080. The molecule has 0 amide bonds. The zero-order valence-corrected chi connectivity index (χ0v) is 36.8. The molecular weight excluding hydrogens is 819 g/mol. The maximum Gasteiger partial charge on any atom is 0.136 e. The largest absolute Gasteiger partial charge is 0.456 e. The standard InChI is InChI=1S/C60H42F2N2O2/c1-33(2)51-57(35-17-5-11-23-41(35)61)60(64-44-26-14-8-20-38(44)54-46(64)30-32-50-56(54)40-22-10-16-28-48(40)66-50)58(36-18-6-12-24-42(36)62)52(34(3)4)59(51)63-43-25-13-7-19-37(43)53-45(63)29-31-49-55(53)39-21-9-15-27-47(39)65-49/h5-34H,1-4H3. The van der Waals surface area contributed by atoms with E-state index >= 15 is 8.78 Å². The van der Waals surface area contributed by atoms with Gasteiger partial charge < -0.3 is 18.0 Å². The summed E-state index contributed by atoms with van der Waals surface area (Å²) < 4.78 is 52.3. The van der Waals surface area contributed by atoms with Gasteiger partial charge in [-0.15, -0.1) is 0 Å². The summed E-state index contributed by atoms with van der Waals surface area (Å²) in [6, 6.07) is 55.8. The van der Waals surface area contributed by atoms with Crippen LogP contribution < -0.4 is 0 Å². The average molecular weight is 861 g/mol. The van der Waals surface area contributed by atoms with Crippen molar-refractivity contribution in [3.8, 4) is 33.6 Å². The molecule has 0 fully saturated rings. The Morgan fingerprint density at radius 2 is 0.727 bits per heavy atom. The van der Waals surface area contributed by atoms with E-state index in [9.17, 15) is 0 Å². The molecule has 4 nitrogen and oxygen atoms in total.